The molecule has 0 unspecified atom stereocenters. The highest BCUT2D eigenvalue weighted by Crippen LogP contribution is 2.34. The summed E-state index contributed by atoms with van der Waals surface area (Å²) in [6, 6.07) is 20.1. The molecule has 0 saturated carbocycles. The molecule has 0 saturated heterocycles. The van der Waals surface area contributed by atoms with Gasteiger partial charge in [-0.25, -0.2) is 0 Å². The van der Waals surface area contributed by atoms with Crippen molar-refractivity contribution in [3.05, 3.63) is 93.8 Å². The van der Waals surface area contributed by atoms with E-state index in [1.54, 1.807) is 35.2 Å². The first kappa shape index (κ1) is 23.3. The highest BCUT2D eigenvalue weighted by Gasteiger charge is 2.21. The summed E-state index contributed by atoms with van der Waals surface area (Å²) in [6.45, 7) is 1.36. The highest BCUT2D eigenvalue weighted by molar-refractivity contribution is 5.95. The standard InChI is InChI=1S/C28H26N2O6/c1-33-22-11-20(12-23(14-22)34-2)28(32)30(16-18-6-4-3-5-7-18)17-21-10-19-13-25-26(36-9-8-35-25)15-24(19)29-27(21)31/h3-7,10-15H,8-9,16-17H2,1-2H3,(H,29,31). The number of pyridine rings is 1. The molecule has 1 aliphatic rings. The average molecular weight is 487 g/mol. The van der Waals surface area contributed by atoms with Crippen molar-refractivity contribution in [1.82, 2.24) is 9.88 Å². The van der Waals surface area contributed by atoms with Crippen molar-refractivity contribution >= 4 is 16.8 Å². The Balaban J connectivity index is 1.53. The Morgan fingerprint density at radius 3 is 2.22 bits per heavy atom. The minimum atomic E-state index is -0.270. The molecular weight excluding hydrogens is 460 g/mol. The number of hydrogen-bond donors (Lipinski definition) is 1. The lowest BCUT2D eigenvalue weighted by molar-refractivity contribution is 0.0728. The van der Waals surface area contributed by atoms with E-state index in [2.05, 4.69) is 4.98 Å². The quantitative estimate of drug-likeness (QED) is 0.422. The van der Waals surface area contributed by atoms with Gasteiger partial charge in [0, 0.05) is 35.2 Å². The second kappa shape index (κ2) is 10.0. The van der Waals surface area contributed by atoms with Gasteiger partial charge in [-0.1, -0.05) is 30.3 Å². The Morgan fingerprint density at radius 1 is 0.889 bits per heavy atom. The molecule has 1 aliphatic heterocycles. The predicted molar refractivity (Wildman–Crippen MR) is 135 cm³/mol. The number of amides is 1. The molecule has 2 heterocycles. The molecule has 36 heavy (non-hydrogen) atoms. The monoisotopic (exact) mass is 486 g/mol. The van der Waals surface area contributed by atoms with Gasteiger partial charge in [-0.2, -0.15) is 0 Å². The summed E-state index contributed by atoms with van der Waals surface area (Å²) in [5.74, 6) is 2.00. The van der Waals surface area contributed by atoms with Gasteiger partial charge in [0.1, 0.15) is 24.7 Å². The number of ether oxygens (including phenoxy) is 4. The number of H-pyrrole nitrogens is 1. The van der Waals surface area contributed by atoms with Crippen LogP contribution in [0.3, 0.4) is 0 Å². The van der Waals surface area contributed by atoms with Gasteiger partial charge in [-0.3, -0.25) is 9.59 Å². The fourth-order valence-corrected chi connectivity index (χ4v) is 4.23. The third-order valence-corrected chi connectivity index (χ3v) is 6.05. The lowest BCUT2D eigenvalue weighted by atomic mass is 10.1. The Hall–Kier alpha value is -4.46. The Kier molecular flexibility index (Phi) is 6.49. The number of benzene rings is 3. The fraction of sp³-hybridized carbons (Fsp3) is 0.214. The molecule has 0 bridgehead atoms. The van der Waals surface area contributed by atoms with Gasteiger partial charge < -0.3 is 28.8 Å². The van der Waals surface area contributed by atoms with Crippen LogP contribution in [0.2, 0.25) is 0 Å². The first-order valence-corrected chi connectivity index (χ1v) is 11.6. The number of carbonyl (C=O) groups is 1. The van der Waals surface area contributed by atoms with Crippen LogP contribution in [0.15, 0.2) is 71.5 Å². The van der Waals surface area contributed by atoms with E-state index in [0.29, 0.717) is 59.4 Å². The summed E-state index contributed by atoms with van der Waals surface area (Å²) in [5.41, 5.74) is 2.18. The number of rotatable bonds is 7. The zero-order valence-electron chi connectivity index (χ0n) is 20.1. The summed E-state index contributed by atoms with van der Waals surface area (Å²) in [7, 11) is 3.07. The Morgan fingerprint density at radius 2 is 1.56 bits per heavy atom. The third kappa shape index (κ3) is 4.84. The molecule has 5 rings (SSSR count). The lowest BCUT2D eigenvalue weighted by Gasteiger charge is -2.24. The zero-order valence-corrected chi connectivity index (χ0v) is 20.1. The van der Waals surface area contributed by atoms with Crippen LogP contribution in [0.25, 0.3) is 10.9 Å². The Bertz CT molecular complexity index is 1440. The Labute approximate surface area is 208 Å². The van der Waals surface area contributed by atoms with Crippen LogP contribution in [-0.2, 0) is 13.1 Å². The number of aromatic nitrogens is 1. The molecule has 1 N–H and O–H groups in total. The van der Waals surface area contributed by atoms with E-state index in [0.717, 1.165) is 10.9 Å². The lowest BCUT2D eigenvalue weighted by Crippen LogP contribution is -2.32. The zero-order chi connectivity index (χ0) is 25.1. The van der Waals surface area contributed by atoms with Gasteiger partial charge >= 0.3 is 0 Å². The summed E-state index contributed by atoms with van der Waals surface area (Å²) >= 11 is 0. The molecule has 1 amide bonds. The van der Waals surface area contributed by atoms with E-state index in [1.807, 2.05) is 36.4 Å². The number of aromatic amines is 1. The molecule has 184 valence electrons. The van der Waals surface area contributed by atoms with Gasteiger partial charge in [0.2, 0.25) is 0 Å². The number of nitrogens with zero attached hydrogens (tertiary/aromatic N) is 1. The molecular formula is C28H26N2O6. The van der Waals surface area contributed by atoms with Crippen molar-refractivity contribution in [2.45, 2.75) is 13.1 Å². The van der Waals surface area contributed by atoms with Crippen molar-refractivity contribution in [3.63, 3.8) is 0 Å². The van der Waals surface area contributed by atoms with Crippen LogP contribution in [0.5, 0.6) is 23.0 Å². The summed E-state index contributed by atoms with van der Waals surface area (Å²) in [4.78, 5) is 31.3. The van der Waals surface area contributed by atoms with Crippen molar-refractivity contribution in [2.75, 3.05) is 27.4 Å². The molecule has 1 aromatic heterocycles. The summed E-state index contributed by atoms with van der Waals surface area (Å²) < 4.78 is 22.0. The van der Waals surface area contributed by atoms with Crippen LogP contribution in [-0.4, -0.2) is 43.2 Å². The van der Waals surface area contributed by atoms with E-state index < -0.39 is 0 Å². The molecule has 8 heteroatoms. The van der Waals surface area contributed by atoms with Gasteiger partial charge in [-0.05, 0) is 29.8 Å². The molecule has 4 aromatic rings. The van der Waals surface area contributed by atoms with Crippen LogP contribution in [0.1, 0.15) is 21.5 Å². The average Bonchev–Trinajstić information content (AvgIpc) is 2.91. The number of carbonyl (C=O) groups excluding carboxylic acids is 1. The molecule has 0 fully saturated rings. The minimum Gasteiger partial charge on any atom is -0.497 e. The highest BCUT2D eigenvalue weighted by atomic mass is 16.6. The number of fused-ring (bicyclic) bond motifs is 2. The van der Waals surface area contributed by atoms with E-state index >= 15 is 0 Å². The molecule has 0 atom stereocenters. The fourth-order valence-electron chi connectivity index (χ4n) is 4.23. The van der Waals surface area contributed by atoms with E-state index in [9.17, 15) is 9.59 Å². The molecule has 0 spiro atoms. The predicted octanol–water partition coefficient (Wildman–Crippen LogP) is 4.16. The van der Waals surface area contributed by atoms with Crippen molar-refractivity contribution < 1.29 is 23.7 Å². The van der Waals surface area contributed by atoms with Gasteiger partial charge in [0.15, 0.2) is 11.5 Å². The van der Waals surface area contributed by atoms with Crippen LogP contribution in [0, 0.1) is 0 Å². The van der Waals surface area contributed by atoms with Crippen LogP contribution in [0.4, 0.5) is 0 Å². The van der Waals surface area contributed by atoms with Crippen molar-refractivity contribution in [1.29, 1.82) is 0 Å². The van der Waals surface area contributed by atoms with E-state index in [-0.39, 0.29) is 18.0 Å². The molecule has 0 radical (unpaired) electrons. The topological polar surface area (TPSA) is 90.1 Å². The van der Waals surface area contributed by atoms with Gasteiger partial charge in [0.25, 0.3) is 11.5 Å². The van der Waals surface area contributed by atoms with Crippen LogP contribution >= 0.6 is 0 Å². The maximum absolute atomic E-state index is 13.7. The summed E-state index contributed by atoms with van der Waals surface area (Å²) in [6.07, 6.45) is 0. The van der Waals surface area contributed by atoms with Gasteiger partial charge in [-0.15, -0.1) is 0 Å². The normalized spacial score (nSPS) is 12.3. The third-order valence-electron chi connectivity index (χ3n) is 6.05. The smallest absolute Gasteiger partial charge is 0.254 e. The maximum atomic E-state index is 13.7. The first-order chi connectivity index (χ1) is 17.5. The second-order valence-electron chi connectivity index (χ2n) is 8.45. The van der Waals surface area contributed by atoms with Crippen molar-refractivity contribution in [3.8, 4) is 23.0 Å². The largest absolute Gasteiger partial charge is 0.497 e. The molecule has 3 aromatic carbocycles. The number of nitrogens with one attached hydrogen (secondary N) is 1. The molecule has 8 nitrogen and oxygen atoms in total. The van der Waals surface area contributed by atoms with Crippen LogP contribution < -0.4 is 24.5 Å². The summed E-state index contributed by atoms with van der Waals surface area (Å²) in [5, 5.41) is 0.795. The number of methoxy groups -OCH3 is 2. The maximum Gasteiger partial charge on any atom is 0.254 e. The SMILES string of the molecule is COc1cc(OC)cc(C(=O)N(Cc2ccccc2)Cc2cc3cc4c(cc3[nH]c2=O)OCCO4)c1. The second-order valence-corrected chi connectivity index (χ2v) is 8.45. The molecule has 0 aliphatic carbocycles. The van der Waals surface area contributed by atoms with Gasteiger partial charge in [0.05, 0.1) is 26.3 Å². The van der Waals surface area contributed by atoms with E-state index in [4.69, 9.17) is 18.9 Å². The van der Waals surface area contributed by atoms with E-state index in [1.165, 1.54) is 14.2 Å². The number of hydrogen-bond acceptors (Lipinski definition) is 6. The van der Waals surface area contributed by atoms with Crippen molar-refractivity contribution in [2.24, 2.45) is 0 Å². The minimum absolute atomic E-state index is 0.104. The first-order valence-electron chi connectivity index (χ1n) is 11.6.